The van der Waals surface area contributed by atoms with Crippen LogP contribution in [0.3, 0.4) is 0 Å². The molecule has 3 rings (SSSR count). The van der Waals surface area contributed by atoms with Crippen molar-refractivity contribution in [2.24, 2.45) is 0 Å². The Morgan fingerprint density at radius 2 is 2.04 bits per heavy atom. The second-order valence-electron chi connectivity index (χ2n) is 5.68. The molecule has 0 spiro atoms. The van der Waals surface area contributed by atoms with Crippen molar-refractivity contribution < 1.29 is 9.66 Å². The number of nitrogens with zero attached hydrogens (tertiary/aromatic N) is 3. The maximum Gasteiger partial charge on any atom is 0.270 e. The molecule has 1 heterocycles. The van der Waals surface area contributed by atoms with Crippen molar-refractivity contribution in [3.63, 3.8) is 0 Å². The van der Waals surface area contributed by atoms with Crippen LogP contribution in [0.25, 0.3) is 11.3 Å². The fraction of sp³-hybridized carbons (Fsp3) is 0.158. The van der Waals surface area contributed by atoms with E-state index in [1.807, 2.05) is 37.3 Å². The summed E-state index contributed by atoms with van der Waals surface area (Å²) in [5.74, 6) is 1.31. The fourth-order valence-corrected chi connectivity index (χ4v) is 2.62. The van der Waals surface area contributed by atoms with E-state index >= 15 is 0 Å². The minimum Gasteiger partial charge on any atom is -0.496 e. The number of nitro groups is 1. The van der Waals surface area contributed by atoms with Gasteiger partial charge in [0.1, 0.15) is 11.6 Å². The van der Waals surface area contributed by atoms with E-state index in [9.17, 15) is 10.1 Å². The zero-order valence-electron chi connectivity index (χ0n) is 14.5. The standard InChI is InChI=1S/C19H18N4O3/c1-13-20-9-8-18(22-13)14-4-3-5-16(10-14)21-12-15-11-17(23(24)25)6-7-19(15)26-2/h3-11,21H,12H2,1-2H3. The van der Waals surface area contributed by atoms with E-state index in [1.165, 1.54) is 12.1 Å². The first-order valence-corrected chi connectivity index (χ1v) is 8.02. The number of anilines is 1. The number of rotatable bonds is 6. The van der Waals surface area contributed by atoms with Crippen LogP contribution in [0.2, 0.25) is 0 Å². The van der Waals surface area contributed by atoms with Crippen molar-refractivity contribution in [2.45, 2.75) is 13.5 Å². The second-order valence-corrected chi connectivity index (χ2v) is 5.68. The van der Waals surface area contributed by atoms with Crippen molar-refractivity contribution in [3.05, 3.63) is 76.2 Å². The summed E-state index contributed by atoms with van der Waals surface area (Å²) in [4.78, 5) is 19.1. The van der Waals surface area contributed by atoms with Crippen molar-refractivity contribution in [1.29, 1.82) is 0 Å². The van der Waals surface area contributed by atoms with Gasteiger partial charge in [-0.15, -0.1) is 0 Å². The number of non-ortho nitro benzene ring substituents is 1. The number of hydrogen-bond acceptors (Lipinski definition) is 6. The molecule has 0 atom stereocenters. The molecule has 0 aliphatic rings. The molecule has 7 heteroatoms. The lowest BCUT2D eigenvalue weighted by atomic mass is 10.1. The minimum atomic E-state index is -0.416. The Bertz CT molecular complexity index is 944. The molecule has 0 fully saturated rings. The first-order valence-electron chi connectivity index (χ1n) is 8.02. The molecule has 132 valence electrons. The summed E-state index contributed by atoms with van der Waals surface area (Å²) in [6.45, 7) is 2.25. The Hall–Kier alpha value is -3.48. The molecule has 1 aromatic heterocycles. The smallest absolute Gasteiger partial charge is 0.270 e. The van der Waals surface area contributed by atoms with Crippen molar-refractivity contribution in [3.8, 4) is 17.0 Å². The van der Waals surface area contributed by atoms with Crippen LogP contribution in [0.15, 0.2) is 54.7 Å². The Kier molecular flexibility index (Phi) is 5.07. The van der Waals surface area contributed by atoms with Crippen LogP contribution < -0.4 is 10.1 Å². The molecule has 0 bridgehead atoms. The van der Waals surface area contributed by atoms with Gasteiger partial charge in [-0.05, 0) is 31.2 Å². The van der Waals surface area contributed by atoms with Crippen molar-refractivity contribution in [1.82, 2.24) is 9.97 Å². The summed E-state index contributed by atoms with van der Waals surface area (Å²) in [5.41, 5.74) is 3.44. The molecule has 0 unspecified atom stereocenters. The van der Waals surface area contributed by atoms with Gasteiger partial charge in [-0.2, -0.15) is 0 Å². The maximum absolute atomic E-state index is 11.0. The van der Waals surface area contributed by atoms with Gasteiger partial charge in [0.05, 0.1) is 17.7 Å². The summed E-state index contributed by atoms with van der Waals surface area (Å²) in [5, 5.41) is 14.3. The highest BCUT2D eigenvalue weighted by molar-refractivity contribution is 5.65. The summed E-state index contributed by atoms with van der Waals surface area (Å²) in [6.07, 6.45) is 1.73. The van der Waals surface area contributed by atoms with Gasteiger partial charge in [-0.25, -0.2) is 9.97 Å². The molecule has 7 nitrogen and oxygen atoms in total. The quantitative estimate of drug-likeness (QED) is 0.534. The molecular weight excluding hydrogens is 332 g/mol. The molecular formula is C19H18N4O3. The summed E-state index contributed by atoms with van der Waals surface area (Å²) in [6, 6.07) is 14.2. The minimum absolute atomic E-state index is 0.0350. The van der Waals surface area contributed by atoms with Gasteiger partial charge in [-0.3, -0.25) is 10.1 Å². The highest BCUT2D eigenvalue weighted by Gasteiger charge is 2.11. The van der Waals surface area contributed by atoms with E-state index in [0.29, 0.717) is 23.7 Å². The van der Waals surface area contributed by atoms with Crippen LogP contribution >= 0.6 is 0 Å². The van der Waals surface area contributed by atoms with Gasteiger partial charge in [0.2, 0.25) is 0 Å². The molecule has 0 radical (unpaired) electrons. The van der Waals surface area contributed by atoms with Gasteiger partial charge in [0.25, 0.3) is 5.69 Å². The van der Waals surface area contributed by atoms with E-state index < -0.39 is 4.92 Å². The number of aromatic nitrogens is 2. The first-order chi connectivity index (χ1) is 12.6. The number of benzene rings is 2. The van der Waals surface area contributed by atoms with Crippen LogP contribution in [0.5, 0.6) is 5.75 Å². The number of nitrogens with one attached hydrogen (secondary N) is 1. The lowest BCUT2D eigenvalue weighted by molar-refractivity contribution is -0.384. The van der Waals surface area contributed by atoms with Gasteiger partial charge >= 0.3 is 0 Å². The van der Waals surface area contributed by atoms with Crippen LogP contribution in [-0.4, -0.2) is 22.0 Å². The molecule has 3 aromatic rings. The third kappa shape index (κ3) is 3.94. The first kappa shape index (κ1) is 17.3. The van der Waals surface area contributed by atoms with E-state index in [-0.39, 0.29) is 5.69 Å². The predicted molar refractivity (Wildman–Crippen MR) is 99.2 cm³/mol. The number of nitro benzene ring substituents is 1. The Morgan fingerprint density at radius 1 is 1.19 bits per heavy atom. The monoisotopic (exact) mass is 350 g/mol. The predicted octanol–water partition coefficient (Wildman–Crippen LogP) is 3.98. The fourth-order valence-electron chi connectivity index (χ4n) is 2.62. The number of hydrogen-bond donors (Lipinski definition) is 1. The maximum atomic E-state index is 11.0. The third-order valence-electron chi connectivity index (χ3n) is 3.89. The van der Waals surface area contributed by atoms with Gasteiger partial charge in [0.15, 0.2) is 0 Å². The lowest BCUT2D eigenvalue weighted by Gasteiger charge is -2.11. The zero-order chi connectivity index (χ0) is 18.5. The normalized spacial score (nSPS) is 10.4. The van der Waals surface area contributed by atoms with E-state index in [1.54, 1.807) is 19.4 Å². The summed E-state index contributed by atoms with van der Waals surface area (Å²) >= 11 is 0. The largest absolute Gasteiger partial charge is 0.496 e. The number of ether oxygens (including phenoxy) is 1. The van der Waals surface area contributed by atoms with E-state index in [2.05, 4.69) is 15.3 Å². The second kappa shape index (κ2) is 7.60. The van der Waals surface area contributed by atoms with Crippen molar-refractivity contribution >= 4 is 11.4 Å². The Morgan fingerprint density at radius 3 is 2.77 bits per heavy atom. The highest BCUT2D eigenvalue weighted by atomic mass is 16.6. The molecule has 26 heavy (non-hydrogen) atoms. The zero-order valence-corrected chi connectivity index (χ0v) is 14.5. The Balaban J connectivity index is 1.81. The summed E-state index contributed by atoms with van der Waals surface area (Å²) in [7, 11) is 1.54. The van der Waals surface area contributed by atoms with Crippen LogP contribution in [0.1, 0.15) is 11.4 Å². The highest BCUT2D eigenvalue weighted by Crippen LogP contribution is 2.26. The van der Waals surface area contributed by atoms with E-state index in [0.717, 1.165) is 16.9 Å². The molecule has 0 aliphatic heterocycles. The molecule has 0 saturated carbocycles. The van der Waals surface area contributed by atoms with Crippen LogP contribution in [0, 0.1) is 17.0 Å². The molecule has 0 aliphatic carbocycles. The SMILES string of the molecule is COc1ccc([N+](=O)[O-])cc1CNc1cccc(-c2ccnc(C)n2)c1. The average molecular weight is 350 g/mol. The van der Waals surface area contributed by atoms with Gasteiger partial charge in [0, 0.05) is 41.7 Å². The van der Waals surface area contributed by atoms with E-state index in [4.69, 9.17) is 4.74 Å². The lowest BCUT2D eigenvalue weighted by Crippen LogP contribution is -2.03. The topological polar surface area (TPSA) is 90.2 Å². The number of methoxy groups -OCH3 is 1. The molecule has 1 N–H and O–H groups in total. The third-order valence-corrected chi connectivity index (χ3v) is 3.89. The van der Waals surface area contributed by atoms with Gasteiger partial charge < -0.3 is 10.1 Å². The average Bonchev–Trinajstić information content (AvgIpc) is 2.66. The Labute approximate surface area is 150 Å². The van der Waals surface area contributed by atoms with Crippen molar-refractivity contribution in [2.75, 3.05) is 12.4 Å². The van der Waals surface area contributed by atoms with Gasteiger partial charge in [-0.1, -0.05) is 12.1 Å². The summed E-state index contributed by atoms with van der Waals surface area (Å²) < 4.78 is 5.30. The molecule has 2 aromatic carbocycles. The van der Waals surface area contributed by atoms with Crippen LogP contribution in [-0.2, 0) is 6.54 Å². The van der Waals surface area contributed by atoms with Crippen LogP contribution in [0.4, 0.5) is 11.4 Å². The number of aryl methyl sites for hydroxylation is 1. The molecule has 0 saturated heterocycles. The molecule has 0 amide bonds.